The topological polar surface area (TPSA) is 17.3 Å². The van der Waals surface area contributed by atoms with E-state index in [2.05, 4.69) is 11.9 Å². The molecule has 2 heterocycles. The quantitative estimate of drug-likeness (QED) is 0.667. The predicted molar refractivity (Wildman–Crippen MR) is 79.6 cm³/mol. The summed E-state index contributed by atoms with van der Waals surface area (Å²) < 4.78 is 39.6. The first-order valence-corrected chi connectivity index (χ1v) is 7.12. The Morgan fingerprint density at radius 3 is 2.36 bits per heavy atom. The SMILES string of the molecule is CCCc1ccc(-c2cn3cc(C(F)(F)F)ccc3n2)cc1. The smallest absolute Gasteiger partial charge is 0.306 e. The van der Waals surface area contributed by atoms with Gasteiger partial charge in [0, 0.05) is 18.0 Å². The van der Waals surface area contributed by atoms with Gasteiger partial charge >= 0.3 is 6.18 Å². The maximum atomic E-state index is 12.7. The van der Waals surface area contributed by atoms with Crippen molar-refractivity contribution in [2.75, 3.05) is 0 Å². The van der Waals surface area contributed by atoms with Gasteiger partial charge in [0.2, 0.25) is 0 Å². The summed E-state index contributed by atoms with van der Waals surface area (Å²) in [5, 5.41) is 0. The molecule has 0 saturated carbocycles. The number of pyridine rings is 1. The van der Waals surface area contributed by atoms with Crippen LogP contribution in [0.25, 0.3) is 16.9 Å². The Labute approximate surface area is 126 Å². The van der Waals surface area contributed by atoms with Crippen molar-refractivity contribution >= 4 is 5.65 Å². The maximum Gasteiger partial charge on any atom is 0.417 e. The van der Waals surface area contributed by atoms with Gasteiger partial charge in [-0.05, 0) is 24.1 Å². The molecule has 0 aliphatic heterocycles. The number of rotatable bonds is 3. The van der Waals surface area contributed by atoms with Crippen LogP contribution in [0.4, 0.5) is 13.2 Å². The van der Waals surface area contributed by atoms with Gasteiger partial charge in [-0.3, -0.25) is 0 Å². The van der Waals surface area contributed by atoms with Gasteiger partial charge in [-0.15, -0.1) is 0 Å². The van der Waals surface area contributed by atoms with Crippen molar-refractivity contribution in [3.63, 3.8) is 0 Å². The number of aromatic nitrogens is 2. The molecule has 0 fully saturated rings. The molecule has 2 nitrogen and oxygen atoms in total. The zero-order valence-corrected chi connectivity index (χ0v) is 12.1. The minimum absolute atomic E-state index is 0.501. The van der Waals surface area contributed by atoms with Crippen molar-refractivity contribution in [2.45, 2.75) is 25.9 Å². The van der Waals surface area contributed by atoms with Crippen molar-refractivity contribution in [1.29, 1.82) is 0 Å². The van der Waals surface area contributed by atoms with Crippen molar-refractivity contribution < 1.29 is 13.2 Å². The first-order valence-electron chi connectivity index (χ1n) is 7.12. The van der Waals surface area contributed by atoms with E-state index in [0.717, 1.165) is 30.7 Å². The van der Waals surface area contributed by atoms with E-state index in [1.165, 1.54) is 16.0 Å². The molecule has 0 bridgehead atoms. The second-order valence-electron chi connectivity index (χ2n) is 5.25. The fourth-order valence-electron chi connectivity index (χ4n) is 2.43. The van der Waals surface area contributed by atoms with Gasteiger partial charge in [-0.1, -0.05) is 37.6 Å². The molecule has 0 amide bonds. The number of halogens is 3. The molecule has 3 rings (SSSR count). The van der Waals surface area contributed by atoms with E-state index >= 15 is 0 Å². The molecule has 0 aliphatic carbocycles. The summed E-state index contributed by atoms with van der Waals surface area (Å²) in [5.74, 6) is 0. The Hall–Kier alpha value is -2.30. The molecule has 1 aromatic carbocycles. The summed E-state index contributed by atoms with van der Waals surface area (Å²) >= 11 is 0. The molecule has 0 spiro atoms. The van der Waals surface area contributed by atoms with Gasteiger partial charge in [-0.2, -0.15) is 13.2 Å². The highest BCUT2D eigenvalue weighted by Gasteiger charge is 2.30. The largest absolute Gasteiger partial charge is 0.417 e. The van der Waals surface area contributed by atoms with Gasteiger partial charge < -0.3 is 4.40 Å². The molecule has 0 unspecified atom stereocenters. The van der Waals surface area contributed by atoms with Crippen LogP contribution >= 0.6 is 0 Å². The van der Waals surface area contributed by atoms with Gasteiger partial charge in [-0.25, -0.2) is 4.98 Å². The monoisotopic (exact) mass is 304 g/mol. The number of benzene rings is 1. The Morgan fingerprint density at radius 2 is 1.73 bits per heavy atom. The van der Waals surface area contributed by atoms with Crippen LogP contribution in [0.5, 0.6) is 0 Å². The van der Waals surface area contributed by atoms with Crippen LogP contribution in [0.2, 0.25) is 0 Å². The summed E-state index contributed by atoms with van der Waals surface area (Å²) in [6, 6.07) is 10.4. The van der Waals surface area contributed by atoms with Crippen LogP contribution in [-0.4, -0.2) is 9.38 Å². The maximum absolute atomic E-state index is 12.7. The molecule has 3 aromatic rings. The zero-order valence-electron chi connectivity index (χ0n) is 12.1. The molecule has 0 N–H and O–H groups in total. The third kappa shape index (κ3) is 2.84. The summed E-state index contributed by atoms with van der Waals surface area (Å²) in [7, 11) is 0. The van der Waals surface area contributed by atoms with E-state index in [9.17, 15) is 13.2 Å². The average molecular weight is 304 g/mol. The molecule has 2 aromatic heterocycles. The van der Waals surface area contributed by atoms with Crippen LogP contribution in [0.3, 0.4) is 0 Å². The van der Waals surface area contributed by atoms with Crippen molar-refractivity contribution in [3.05, 3.63) is 59.9 Å². The molecule has 114 valence electrons. The lowest BCUT2D eigenvalue weighted by atomic mass is 10.1. The van der Waals surface area contributed by atoms with Crippen LogP contribution < -0.4 is 0 Å². The molecular weight excluding hydrogens is 289 g/mol. The lowest BCUT2D eigenvalue weighted by Gasteiger charge is -2.05. The van der Waals surface area contributed by atoms with Gasteiger partial charge in [0.15, 0.2) is 0 Å². The second kappa shape index (κ2) is 5.48. The summed E-state index contributed by atoms with van der Waals surface area (Å²) in [4.78, 5) is 4.38. The number of fused-ring (bicyclic) bond motifs is 1. The number of aryl methyl sites for hydroxylation is 1. The number of hydrogen-bond acceptors (Lipinski definition) is 1. The second-order valence-corrected chi connectivity index (χ2v) is 5.25. The van der Waals surface area contributed by atoms with E-state index in [0.29, 0.717) is 11.3 Å². The Bertz CT molecular complexity index is 786. The van der Waals surface area contributed by atoms with Gasteiger partial charge in [0.1, 0.15) is 5.65 Å². The van der Waals surface area contributed by atoms with Crippen molar-refractivity contribution in [3.8, 4) is 11.3 Å². The Kier molecular flexibility index (Phi) is 3.64. The van der Waals surface area contributed by atoms with E-state index in [4.69, 9.17) is 0 Å². The fraction of sp³-hybridized carbons (Fsp3) is 0.235. The summed E-state index contributed by atoms with van der Waals surface area (Å²) in [5.41, 5.74) is 2.64. The van der Waals surface area contributed by atoms with Crippen LogP contribution in [0.1, 0.15) is 24.5 Å². The highest BCUT2D eigenvalue weighted by molar-refractivity contribution is 5.63. The molecule has 0 saturated heterocycles. The Morgan fingerprint density at radius 1 is 1.00 bits per heavy atom. The zero-order chi connectivity index (χ0) is 15.7. The average Bonchev–Trinajstić information content (AvgIpc) is 2.90. The van der Waals surface area contributed by atoms with Crippen molar-refractivity contribution in [2.24, 2.45) is 0 Å². The standard InChI is InChI=1S/C17H15F3N2/c1-2-3-12-4-6-13(7-5-12)15-11-22-10-14(17(18,19)20)8-9-16(22)21-15/h4-11H,2-3H2,1H3. The first kappa shape index (κ1) is 14.6. The highest BCUT2D eigenvalue weighted by Crippen LogP contribution is 2.30. The Balaban J connectivity index is 1.97. The first-order chi connectivity index (χ1) is 10.5. The molecule has 5 heteroatoms. The normalized spacial score (nSPS) is 12.0. The fourth-order valence-corrected chi connectivity index (χ4v) is 2.43. The van der Waals surface area contributed by atoms with Crippen molar-refractivity contribution in [1.82, 2.24) is 9.38 Å². The molecule has 0 aliphatic rings. The highest BCUT2D eigenvalue weighted by atomic mass is 19.4. The van der Waals surface area contributed by atoms with Gasteiger partial charge in [0.05, 0.1) is 11.3 Å². The minimum atomic E-state index is -4.35. The van der Waals surface area contributed by atoms with E-state index in [1.54, 1.807) is 6.20 Å². The van der Waals surface area contributed by atoms with Crippen LogP contribution in [0, 0.1) is 0 Å². The molecule has 0 atom stereocenters. The number of nitrogens with zero attached hydrogens (tertiary/aromatic N) is 2. The molecule has 0 radical (unpaired) electrons. The van der Waals surface area contributed by atoms with Crippen LogP contribution in [-0.2, 0) is 12.6 Å². The van der Waals surface area contributed by atoms with E-state index < -0.39 is 11.7 Å². The third-order valence-electron chi connectivity index (χ3n) is 3.57. The summed E-state index contributed by atoms with van der Waals surface area (Å²) in [6.45, 7) is 2.12. The van der Waals surface area contributed by atoms with Crippen LogP contribution in [0.15, 0.2) is 48.8 Å². The molecule has 22 heavy (non-hydrogen) atoms. The lowest BCUT2D eigenvalue weighted by Crippen LogP contribution is -2.05. The predicted octanol–water partition coefficient (Wildman–Crippen LogP) is 4.97. The van der Waals surface area contributed by atoms with Gasteiger partial charge in [0.25, 0.3) is 0 Å². The minimum Gasteiger partial charge on any atom is -0.306 e. The third-order valence-corrected chi connectivity index (χ3v) is 3.57. The molecular formula is C17H15F3N2. The number of imidazole rings is 1. The van der Waals surface area contributed by atoms with E-state index in [-0.39, 0.29) is 0 Å². The lowest BCUT2D eigenvalue weighted by molar-refractivity contribution is -0.137. The van der Waals surface area contributed by atoms with E-state index in [1.807, 2.05) is 24.3 Å². The number of hydrogen-bond donors (Lipinski definition) is 0. The summed E-state index contributed by atoms with van der Waals surface area (Å²) in [6.07, 6.45) is 0.436. The number of alkyl halides is 3.